The van der Waals surface area contributed by atoms with E-state index in [2.05, 4.69) is 10.6 Å². The molecule has 0 fully saturated rings. The van der Waals surface area contributed by atoms with E-state index in [9.17, 15) is 9.59 Å². The number of benzene rings is 1. The molecule has 20 heavy (non-hydrogen) atoms. The first-order chi connectivity index (χ1) is 9.35. The maximum atomic E-state index is 11.8. The molecule has 1 aromatic carbocycles. The van der Waals surface area contributed by atoms with Crippen molar-refractivity contribution in [1.29, 1.82) is 0 Å². The molecule has 5 nitrogen and oxygen atoms in total. The van der Waals surface area contributed by atoms with Crippen LogP contribution >= 0.6 is 0 Å². The van der Waals surface area contributed by atoms with Crippen LogP contribution in [0.3, 0.4) is 0 Å². The van der Waals surface area contributed by atoms with Gasteiger partial charge < -0.3 is 15.7 Å². The summed E-state index contributed by atoms with van der Waals surface area (Å²) in [6.07, 6.45) is 0. The lowest BCUT2D eigenvalue weighted by Crippen LogP contribution is -2.40. The molecule has 2 amide bonds. The quantitative estimate of drug-likeness (QED) is 0.723. The van der Waals surface area contributed by atoms with E-state index in [1.54, 1.807) is 18.2 Å². The molecule has 0 aliphatic rings. The maximum Gasteiger partial charge on any atom is 0.319 e. The first kappa shape index (κ1) is 16.2. The zero-order valence-corrected chi connectivity index (χ0v) is 12.4. The van der Waals surface area contributed by atoms with Gasteiger partial charge in [-0.1, -0.05) is 6.92 Å². The molecule has 1 rings (SSSR count). The largest absolute Gasteiger partial charge is 0.396 e. The number of carbonyl (C=O) groups is 2. The Morgan fingerprint density at radius 1 is 1.30 bits per heavy atom. The van der Waals surface area contributed by atoms with E-state index >= 15 is 0 Å². The summed E-state index contributed by atoms with van der Waals surface area (Å²) in [7, 11) is 0. The van der Waals surface area contributed by atoms with Gasteiger partial charge in [-0.25, -0.2) is 4.79 Å². The molecule has 0 saturated heterocycles. The number of hydrogen-bond donors (Lipinski definition) is 3. The Bertz CT molecular complexity index is 500. The maximum absolute atomic E-state index is 11.8. The number of nitrogens with one attached hydrogen (secondary N) is 2. The zero-order valence-electron chi connectivity index (χ0n) is 12.4. The number of ketones is 1. The Hall–Kier alpha value is -1.88. The third-order valence-corrected chi connectivity index (χ3v) is 3.36. The molecule has 0 aromatic heterocycles. The van der Waals surface area contributed by atoms with E-state index < -0.39 is 0 Å². The molecule has 0 heterocycles. The number of carbonyl (C=O) groups excluding carboxylic acids is 2. The van der Waals surface area contributed by atoms with Crippen molar-refractivity contribution < 1.29 is 14.7 Å². The summed E-state index contributed by atoms with van der Waals surface area (Å²) in [5, 5.41) is 14.5. The lowest BCUT2D eigenvalue weighted by molar-refractivity contribution is 0.101. The highest BCUT2D eigenvalue weighted by molar-refractivity contribution is 5.96. The number of Topliss-reactive ketones (excluding diaryl/α,β-unsaturated/α-hetero) is 1. The second-order valence-corrected chi connectivity index (χ2v) is 5.13. The molecular formula is C15H22N2O3. The Balaban J connectivity index is 2.67. The molecule has 0 spiro atoms. The van der Waals surface area contributed by atoms with Gasteiger partial charge in [-0.15, -0.1) is 0 Å². The molecule has 0 radical (unpaired) electrons. The molecule has 2 unspecified atom stereocenters. The fourth-order valence-corrected chi connectivity index (χ4v) is 1.81. The fraction of sp³-hybridized carbons (Fsp3) is 0.467. The highest BCUT2D eigenvalue weighted by Gasteiger charge is 2.14. The van der Waals surface area contributed by atoms with Crippen molar-refractivity contribution in [3.05, 3.63) is 29.3 Å². The normalized spacial score (nSPS) is 13.4. The van der Waals surface area contributed by atoms with Crippen LogP contribution < -0.4 is 10.6 Å². The second-order valence-electron chi connectivity index (χ2n) is 5.13. The van der Waals surface area contributed by atoms with Crippen LogP contribution in [-0.2, 0) is 0 Å². The van der Waals surface area contributed by atoms with Crippen LogP contribution in [0, 0.1) is 12.8 Å². The lowest BCUT2D eigenvalue weighted by Gasteiger charge is -2.19. The zero-order chi connectivity index (χ0) is 15.3. The van der Waals surface area contributed by atoms with Gasteiger partial charge in [-0.05, 0) is 50.5 Å². The van der Waals surface area contributed by atoms with Crippen molar-refractivity contribution in [2.45, 2.75) is 33.7 Å². The standard InChI is InChI=1S/C15H22N2O3/c1-9-7-13(5-6-14(9)12(4)19)17-15(20)16-11(3)10(2)8-18/h5-7,10-11,18H,8H2,1-4H3,(H2,16,17,20). The molecule has 0 aliphatic carbocycles. The molecule has 3 N–H and O–H groups in total. The summed E-state index contributed by atoms with van der Waals surface area (Å²) in [6, 6.07) is 4.71. The van der Waals surface area contributed by atoms with E-state index in [0.29, 0.717) is 11.3 Å². The highest BCUT2D eigenvalue weighted by atomic mass is 16.3. The Morgan fingerprint density at radius 2 is 1.95 bits per heavy atom. The molecule has 5 heteroatoms. The minimum Gasteiger partial charge on any atom is -0.396 e. The highest BCUT2D eigenvalue weighted by Crippen LogP contribution is 2.15. The number of aliphatic hydroxyl groups is 1. The third kappa shape index (κ3) is 4.35. The van der Waals surface area contributed by atoms with Crippen molar-refractivity contribution in [2.75, 3.05) is 11.9 Å². The van der Waals surface area contributed by atoms with E-state index in [4.69, 9.17) is 5.11 Å². The van der Waals surface area contributed by atoms with Crippen LogP contribution in [0.15, 0.2) is 18.2 Å². The second kappa shape index (κ2) is 7.05. The van der Waals surface area contributed by atoms with Gasteiger partial charge in [-0.3, -0.25) is 4.79 Å². The minimum absolute atomic E-state index is 0.00361. The van der Waals surface area contributed by atoms with Gasteiger partial charge in [0.2, 0.25) is 0 Å². The smallest absolute Gasteiger partial charge is 0.319 e. The summed E-state index contributed by atoms with van der Waals surface area (Å²) in [5.74, 6) is -0.00790. The van der Waals surface area contributed by atoms with Gasteiger partial charge >= 0.3 is 6.03 Å². The Labute approximate surface area is 119 Å². The predicted octanol–water partition coefficient (Wildman–Crippen LogP) is 2.34. The number of rotatable bonds is 5. The topological polar surface area (TPSA) is 78.4 Å². The average molecular weight is 278 g/mol. The molecule has 110 valence electrons. The summed E-state index contributed by atoms with van der Waals surface area (Å²) >= 11 is 0. The number of anilines is 1. The number of urea groups is 1. The van der Waals surface area contributed by atoms with Crippen LogP contribution in [0.1, 0.15) is 36.7 Å². The third-order valence-electron chi connectivity index (χ3n) is 3.36. The van der Waals surface area contributed by atoms with Crippen molar-refractivity contribution >= 4 is 17.5 Å². The van der Waals surface area contributed by atoms with Gasteiger partial charge in [0.1, 0.15) is 0 Å². The summed E-state index contributed by atoms with van der Waals surface area (Å²) in [4.78, 5) is 23.1. The first-order valence-corrected chi connectivity index (χ1v) is 6.65. The molecule has 2 atom stereocenters. The number of aliphatic hydroxyl groups excluding tert-OH is 1. The predicted molar refractivity (Wildman–Crippen MR) is 79.0 cm³/mol. The van der Waals surface area contributed by atoms with Crippen LogP contribution in [0.4, 0.5) is 10.5 Å². The minimum atomic E-state index is -0.326. The van der Waals surface area contributed by atoms with Gasteiger partial charge in [0.25, 0.3) is 0 Å². The Morgan fingerprint density at radius 3 is 2.45 bits per heavy atom. The number of amides is 2. The van der Waals surface area contributed by atoms with Crippen LogP contribution in [0.2, 0.25) is 0 Å². The summed E-state index contributed by atoms with van der Waals surface area (Å²) < 4.78 is 0. The molecule has 0 aliphatic heterocycles. The van der Waals surface area contributed by atoms with E-state index in [-0.39, 0.29) is 30.4 Å². The number of aryl methyl sites for hydroxylation is 1. The Kier molecular flexibility index (Phi) is 5.70. The van der Waals surface area contributed by atoms with Gasteiger partial charge in [0.15, 0.2) is 5.78 Å². The summed E-state index contributed by atoms with van der Waals surface area (Å²) in [5.41, 5.74) is 2.11. The monoisotopic (exact) mass is 278 g/mol. The van der Waals surface area contributed by atoms with E-state index in [1.165, 1.54) is 6.92 Å². The van der Waals surface area contributed by atoms with Crippen molar-refractivity contribution in [2.24, 2.45) is 5.92 Å². The van der Waals surface area contributed by atoms with Gasteiger partial charge in [0, 0.05) is 23.9 Å². The van der Waals surface area contributed by atoms with Gasteiger partial charge in [0.05, 0.1) is 0 Å². The first-order valence-electron chi connectivity index (χ1n) is 6.65. The van der Waals surface area contributed by atoms with Crippen LogP contribution in [0.5, 0.6) is 0 Å². The van der Waals surface area contributed by atoms with Crippen molar-refractivity contribution in [3.63, 3.8) is 0 Å². The van der Waals surface area contributed by atoms with Crippen molar-refractivity contribution in [3.8, 4) is 0 Å². The molecule has 0 saturated carbocycles. The average Bonchev–Trinajstić information content (AvgIpc) is 2.37. The van der Waals surface area contributed by atoms with Crippen LogP contribution in [-0.4, -0.2) is 29.6 Å². The van der Waals surface area contributed by atoms with Crippen molar-refractivity contribution in [1.82, 2.24) is 5.32 Å². The fourth-order valence-electron chi connectivity index (χ4n) is 1.81. The van der Waals surface area contributed by atoms with E-state index in [1.807, 2.05) is 20.8 Å². The summed E-state index contributed by atoms with van der Waals surface area (Å²) in [6.45, 7) is 7.06. The molecule has 0 bridgehead atoms. The van der Waals surface area contributed by atoms with E-state index in [0.717, 1.165) is 5.56 Å². The molecular weight excluding hydrogens is 256 g/mol. The number of hydrogen-bond acceptors (Lipinski definition) is 3. The lowest BCUT2D eigenvalue weighted by atomic mass is 10.0. The SMILES string of the molecule is CC(=O)c1ccc(NC(=O)NC(C)C(C)CO)cc1C. The van der Waals surface area contributed by atoms with Gasteiger partial charge in [-0.2, -0.15) is 0 Å². The van der Waals surface area contributed by atoms with Crippen LogP contribution in [0.25, 0.3) is 0 Å². The molecule has 1 aromatic rings.